The maximum atomic E-state index is 13.8. The molecule has 1 heterocycles. The first kappa shape index (κ1) is 33.5. The van der Waals surface area contributed by atoms with Crippen molar-refractivity contribution in [1.29, 1.82) is 0 Å². The van der Waals surface area contributed by atoms with Gasteiger partial charge < -0.3 is 24.6 Å². The van der Waals surface area contributed by atoms with E-state index < -0.39 is 5.97 Å². The Morgan fingerprint density at radius 1 is 0.979 bits per heavy atom. The molecule has 1 aliphatic rings. The molecule has 5 rings (SSSR count). The molecule has 1 aliphatic heterocycles. The zero-order valence-corrected chi connectivity index (χ0v) is 28.6. The van der Waals surface area contributed by atoms with Gasteiger partial charge in [-0.25, -0.2) is 9.79 Å². The zero-order chi connectivity index (χ0) is 33.5. The van der Waals surface area contributed by atoms with Crippen molar-refractivity contribution in [1.82, 2.24) is 4.90 Å². The normalized spacial score (nSPS) is 14.4. The van der Waals surface area contributed by atoms with Crippen LogP contribution in [0.5, 0.6) is 17.2 Å². The molecule has 0 unspecified atom stereocenters. The number of carbonyl (C=O) groups excluding carboxylic acids is 2. The summed E-state index contributed by atoms with van der Waals surface area (Å²) in [4.78, 5) is 44.4. The van der Waals surface area contributed by atoms with Crippen molar-refractivity contribution in [3.05, 3.63) is 116 Å². The standard InChI is InChI=1S/C35H30IN3O7S/c1-21-4-10-25(11-5-21)37-31(40)20-46-32-28(36)16-23(17-29(32)45-3)18-30-33(41)39(19-22-6-8-24(9-7-22)34(42)43)35(47-30)38-26-12-14-27(44-2)15-13-26/h4-18H,19-20H2,1-3H3,(H,37,40)(H,42,43)/b30-18-,38-35?. The number of benzene rings is 4. The summed E-state index contributed by atoms with van der Waals surface area (Å²) in [6, 6.07) is 24.6. The van der Waals surface area contributed by atoms with Crippen LogP contribution in [0.3, 0.4) is 0 Å². The van der Waals surface area contributed by atoms with Crippen LogP contribution >= 0.6 is 34.4 Å². The number of ether oxygens (including phenoxy) is 3. The van der Waals surface area contributed by atoms with Crippen molar-refractivity contribution in [3.63, 3.8) is 0 Å². The van der Waals surface area contributed by atoms with E-state index in [2.05, 4.69) is 27.9 Å². The molecular formula is C35H30IN3O7S. The van der Waals surface area contributed by atoms with Gasteiger partial charge in [0.1, 0.15) is 5.75 Å². The third-order valence-electron chi connectivity index (χ3n) is 6.96. The SMILES string of the molecule is COc1ccc(N=C2S/C(=C\c3cc(I)c(OCC(=O)Nc4ccc(C)cc4)c(OC)c3)C(=O)N2Cc2ccc(C(=O)O)cc2)cc1. The van der Waals surface area contributed by atoms with E-state index in [4.69, 9.17) is 19.2 Å². The summed E-state index contributed by atoms with van der Waals surface area (Å²) in [6.45, 7) is 1.94. The smallest absolute Gasteiger partial charge is 0.335 e. The fraction of sp³-hybridized carbons (Fsp3) is 0.143. The van der Waals surface area contributed by atoms with Crippen LogP contribution in [0.25, 0.3) is 6.08 Å². The van der Waals surface area contributed by atoms with Crippen LogP contribution in [0, 0.1) is 10.5 Å². The number of anilines is 1. The molecule has 0 saturated carbocycles. The quantitative estimate of drug-likeness (QED) is 0.122. The first-order chi connectivity index (χ1) is 22.6. The Bertz CT molecular complexity index is 1860. The number of nitrogens with zero attached hydrogens (tertiary/aromatic N) is 2. The highest BCUT2D eigenvalue weighted by atomic mass is 127. The molecule has 47 heavy (non-hydrogen) atoms. The number of halogens is 1. The summed E-state index contributed by atoms with van der Waals surface area (Å²) in [6.07, 6.45) is 1.75. The number of aromatic carboxylic acids is 1. The highest BCUT2D eigenvalue weighted by molar-refractivity contribution is 14.1. The zero-order valence-electron chi connectivity index (χ0n) is 25.7. The predicted octanol–water partition coefficient (Wildman–Crippen LogP) is 7.14. The Balaban J connectivity index is 1.38. The third-order valence-corrected chi connectivity index (χ3v) is 8.77. The first-order valence-electron chi connectivity index (χ1n) is 14.3. The molecule has 0 spiro atoms. The van der Waals surface area contributed by atoms with Crippen molar-refractivity contribution in [2.75, 3.05) is 26.1 Å². The summed E-state index contributed by atoms with van der Waals surface area (Å²) in [5, 5.41) is 12.6. The Kier molecular flexibility index (Phi) is 10.8. The van der Waals surface area contributed by atoms with E-state index >= 15 is 0 Å². The van der Waals surface area contributed by atoms with Gasteiger partial charge in [-0.1, -0.05) is 29.8 Å². The van der Waals surface area contributed by atoms with E-state index in [1.807, 2.05) is 37.3 Å². The van der Waals surface area contributed by atoms with Gasteiger partial charge in [0.2, 0.25) is 0 Å². The van der Waals surface area contributed by atoms with Crippen LogP contribution in [-0.4, -0.2) is 53.8 Å². The largest absolute Gasteiger partial charge is 0.497 e. The molecule has 0 atom stereocenters. The van der Waals surface area contributed by atoms with Crippen LogP contribution in [0.4, 0.5) is 11.4 Å². The van der Waals surface area contributed by atoms with Crippen LogP contribution in [0.15, 0.2) is 94.8 Å². The second-order valence-electron chi connectivity index (χ2n) is 10.3. The van der Waals surface area contributed by atoms with Gasteiger partial charge in [-0.15, -0.1) is 0 Å². The van der Waals surface area contributed by atoms with Crippen LogP contribution in [-0.2, 0) is 16.1 Å². The molecule has 2 amide bonds. The van der Waals surface area contributed by atoms with Crippen LogP contribution < -0.4 is 19.5 Å². The fourth-order valence-corrected chi connectivity index (χ4v) is 6.30. The highest BCUT2D eigenvalue weighted by Crippen LogP contribution is 2.38. The van der Waals surface area contributed by atoms with Crippen molar-refractivity contribution < 1.29 is 33.7 Å². The van der Waals surface area contributed by atoms with Gasteiger partial charge in [-0.3, -0.25) is 14.5 Å². The van der Waals surface area contributed by atoms with Crippen molar-refractivity contribution in [2.45, 2.75) is 13.5 Å². The van der Waals surface area contributed by atoms with Gasteiger partial charge in [0, 0.05) is 5.69 Å². The second-order valence-corrected chi connectivity index (χ2v) is 12.5. The van der Waals surface area contributed by atoms with Gasteiger partial charge in [0.15, 0.2) is 23.3 Å². The maximum Gasteiger partial charge on any atom is 0.335 e. The Hall–Kier alpha value is -4.82. The lowest BCUT2D eigenvalue weighted by Gasteiger charge is -2.16. The number of hydrogen-bond acceptors (Lipinski definition) is 8. The fourth-order valence-electron chi connectivity index (χ4n) is 4.52. The Morgan fingerprint density at radius 2 is 1.68 bits per heavy atom. The number of amidine groups is 1. The lowest BCUT2D eigenvalue weighted by atomic mass is 10.1. The minimum absolute atomic E-state index is 0.159. The van der Waals surface area contributed by atoms with Gasteiger partial charge in [-0.05, 0) is 119 Å². The number of thioether (sulfide) groups is 1. The number of aliphatic imine (C=N–C) groups is 1. The molecule has 4 aromatic carbocycles. The number of nitrogens with one attached hydrogen (secondary N) is 1. The molecule has 1 saturated heterocycles. The number of rotatable bonds is 11. The average molecular weight is 764 g/mol. The molecule has 10 nitrogen and oxygen atoms in total. The number of aryl methyl sites for hydroxylation is 1. The van der Waals surface area contributed by atoms with E-state index in [9.17, 15) is 19.5 Å². The van der Waals surface area contributed by atoms with Crippen molar-refractivity contribution >= 4 is 74.8 Å². The van der Waals surface area contributed by atoms with E-state index in [-0.39, 0.29) is 30.5 Å². The highest BCUT2D eigenvalue weighted by Gasteiger charge is 2.34. The summed E-state index contributed by atoms with van der Waals surface area (Å²) < 4.78 is 17.4. The van der Waals surface area contributed by atoms with Crippen molar-refractivity contribution in [3.8, 4) is 17.2 Å². The molecule has 0 bridgehead atoms. The third kappa shape index (κ3) is 8.51. The summed E-state index contributed by atoms with van der Waals surface area (Å²) in [5.41, 5.74) is 4.00. The van der Waals surface area contributed by atoms with E-state index in [0.29, 0.717) is 47.8 Å². The summed E-state index contributed by atoms with van der Waals surface area (Å²) in [5.74, 6) is -0.0946. The van der Waals surface area contributed by atoms with E-state index in [0.717, 1.165) is 11.1 Å². The Labute approximate surface area is 289 Å². The number of carboxylic acids is 1. The van der Waals surface area contributed by atoms with E-state index in [1.54, 1.807) is 60.6 Å². The molecule has 0 aliphatic carbocycles. The topological polar surface area (TPSA) is 127 Å². The minimum atomic E-state index is -1.02. The van der Waals surface area contributed by atoms with Gasteiger partial charge in [-0.2, -0.15) is 0 Å². The number of methoxy groups -OCH3 is 2. The lowest BCUT2D eigenvalue weighted by Crippen LogP contribution is -2.28. The van der Waals surface area contributed by atoms with Gasteiger partial charge >= 0.3 is 5.97 Å². The molecule has 4 aromatic rings. The number of carboxylic acid groups (broad SMARTS) is 1. The number of carbonyl (C=O) groups is 3. The molecule has 0 aromatic heterocycles. The predicted molar refractivity (Wildman–Crippen MR) is 191 cm³/mol. The molecule has 0 radical (unpaired) electrons. The van der Waals surface area contributed by atoms with Gasteiger partial charge in [0.05, 0.1) is 40.5 Å². The molecule has 240 valence electrons. The molecule has 2 N–H and O–H groups in total. The molecule has 1 fully saturated rings. The molecule has 12 heteroatoms. The monoisotopic (exact) mass is 763 g/mol. The Morgan fingerprint density at radius 3 is 2.32 bits per heavy atom. The maximum absolute atomic E-state index is 13.8. The summed E-state index contributed by atoms with van der Waals surface area (Å²) >= 11 is 3.34. The van der Waals surface area contributed by atoms with Gasteiger partial charge in [0.25, 0.3) is 11.8 Å². The van der Waals surface area contributed by atoms with Crippen LogP contribution in [0.1, 0.15) is 27.0 Å². The number of amides is 2. The average Bonchev–Trinajstić information content (AvgIpc) is 3.34. The number of hydrogen-bond donors (Lipinski definition) is 2. The first-order valence-corrected chi connectivity index (χ1v) is 16.2. The van der Waals surface area contributed by atoms with Crippen molar-refractivity contribution in [2.24, 2.45) is 4.99 Å². The van der Waals surface area contributed by atoms with E-state index in [1.165, 1.54) is 31.0 Å². The minimum Gasteiger partial charge on any atom is -0.497 e. The molecular weight excluding hydrogens is 733 g/mol. The second kappa shape index (κ2) is 15.2. The summed E-state index contributed by atoms with van der Waals surface area (Å²) in [7, 11) is 3.09. The lowest BCUT2D eigenvalue weighted by molar-refractivity contribution is -0.122. The van der Waals surface area contributed by atoms with Crippen LogP contribution in [0.2, 0.25) is 0 Å².